The normalized spacial score (nSPS) is 24.8. The number of rotatable bonds is 3. The van der Waals surface area contributed by atoms with Crippen molar-refractivity contribution in [2.24, 2.45) is 0 Å². The van der Waals surface area contributed by atoms with Crippen LogP contribution in [0.15, 0.2) is 27.6 Å². The van der Waals surface area contributed by atoms with Gasteiger partial charge in [-0.05, 0) is 41.1 Å². The maximum Gasteiger partial charge on any atom is 0.244 e. The molecule has 2 rings (SSSR count). The highest BCUT2D eigenvalue weighted by Gasteiger charge is 2.34. The van der Waals surface area contributed by atoms with Crippen LogP contribution in [0.4, 0.5) is 5.69 Å². The van der Waals surface area contributed by atoms with Crippen molar-refractivity contribution < 1.29 is 18.3 Å². The van der Waals surface area contributed by atoms with Crippen molar-refractivity contribution >= 4 is 31.6 Å². The Hall–Kier alpha value is -0.670. The summed E-state index contributed by atoms with van der Waals surface area (Å²) in [5.41, 5.74) is 6.05. The van der Waals surface area contributed by atoms with E-state index in [0.29, 0.717) is 10.2 Å². The molecule has 0 aliphatic carbocycles. The van der Waals surface area contributed by atoms with E-state index in [1.807, 2.05) is 0 Å². The first-order chi connectivity index (χ1) is 9.34. The number of ether oxygens (including phenoxy) is 1. The number of nitrogens with zero attached hydrogens (tertiary/aromatic N) is 1. The summed E-state index contributed by atoms with van der Waals surface area (Å²) >= 11 is 3.24. The predicted molar refractivity (Wildman–Crippen MR) is 78.7 cm³/mol. The van der Waals surface area contributed by atoms with E-state index in [-0.39, 0.29) is 30.7 Å². The van der Waals surface area contributed by atoms with E-state index in [1.54, 1.807) is 19.1 Å². The minimum atomic E-state index is -3.68. The van der Waals surface area contributed by atoms with E-state index in [0.717, 1.165) is 0 Å². The fourth-order valence-electron chi connectivity index (χ4n) is 2.16. The molecule has 0 saturated carbocycles. The molecule has 1 saturated heterocycles. The monoisotopic (exact) mass is 364 g/mol. The maximum absolute atomic E-state index is 12.7. The molecule has 8 heteroatoms. The third-order valence-electron chi connectivity index (χ3n) is 3.07. The van der Waals surface area contributed by atoms with Gasteiger partial charge in [0.25, 0.3) is 0 Å². The molecule has 0 radical (unpaired) electrons. The number of nitrogen functional groups attached to an aromatic ring is 1. The molecule has 1 aliphatic rings. The molecule has 2 unspecified atom stereocenters. The molecule has 1 fully saturated rings. The van der Waals surface area contributed by atoms with Gasteiger partial charge in [-0.2, -0.15) is 4.31 Å². The lowest BCUT2D eigenvalue weighted by atomic mass is 10.2. The number of hydrogen-bond donors (Lipinski definition) is 2. The van der Waals surface area contributed by atoms with Gasteiger partial charge in [-0.15, -0.1) is 0 Å². The molecule has 0 spiro atoms. The van der Waals surface area contributed by atoms with Crippen LogP contribution in [0.25, 0.3) is 0 Å². The highest BCUT2D eigenvalue weighted by Crippen LogP contribution is 2.28. The van der Waals surface area contributed by atoms with Gasteiger partial charge in [-0.1, -0.05) is 0 Å². The van der Waals surface area contributed by atoms with Gasteiger partial charge < -0.3 is 15.6 Å². The fraction of sp³-hybridized carbons (Fsp3) is 0.500. The largest absolute Gasteiger partial charge is 0.399 e. The zero-order valence-corrected chi connectivity index (χ0v) is 13.4. The van der Waals surface area contributed by atoms with Crippen LogP contribution in [0.2, 0.25) is 0 Å². The van der Waals surface area contributed by atoms with Gasteiger partial charge in [-0.25, -0.2) is 8.42 Å². The number of nitrogens with two attached hydrogens (primary N) is 1. The summed E-state index contributed by atoms with van der Waals surface area (Å²) in [6, 6.07) is 4.66. The van der Waals surface area contributed by atoms with E-state index in [9.17, 15) is 13.5 Å². The SMILES string of the molecule is CC1CN(S(=O)(=O)c2cc(N)ccc2Br)CC(CO)O1. The number of morpholine rings is 1. The Bertz CT molecular complexity index is 593. The van der Waals surface area contributed by atoms with Gasteiger partial charge in [0.2, 0.25) is 10.0 Å². The molecule has 0 bridgehead atoms. The maximum atomic E-state index is 12.7. The number of aliphatic hydroxyl groups excluding tert-OH is 1. The fourth-order valence-corrected chi connectivity index (χ4v) is 4.66. The first kappa shape index (κ1) is 15.7. The van der Waals surface area contributed by atoms with Crippen LogP contribution < -0.4 is 5.73 Å². The minimum absolute atomic E-state index is 0.128. The number of hydrogen-bond acceptors (Lipinski definition) is 5. The van der Waals surface area contributed by atoms with Crippen LogP contribution in [0.5, 0.6) is 0 Å². The molecule has 1 aromatic carbocycles. The molecule has 0 aromatic heterocycles. The molecular weight excluding hydrogens is 348 g/mol. The van der Waals surface area contributed by atoms with E-state index in [1.165, 1.54) is 10.4 Å². The van der Waals surface area contributed by atoms with E-state index in [4.69, 9.17) is 10.5 Å². The van der Waals surface area contributed by atoms with Crippen LogP contribution in [0.1, 0.15) is 6.92 Å². The molecule has 1 heterocycles. The van der Waals surface area contributed by atoms with Gasteiger partial charge in [-0.3, -0.25) is 0 Å². The average molecular weight is 365 g/mol. The summed E-state index contributed by atoms with van der Waals surface area (Å²) in [7, 11) is -3.68. The van der Waals surface area contributed by atoms with Gasteiger partial charge in [0, 0.05) is 23.2 Å². The smallest absolute Gasteiger partial charge is 0.244 e. The summed E-state index contributed by atoms with van der Waals surface area (Å²) in [6.45, 7) is 1.94. The number of sulfonamides is 1. The number of anilines is 1. The number of benzene rings is 1. The number of aliphatic hydroxyl groups is 1. The lowest BCUT2D eigenvalue weighted by Crippen LogP contribution is -2.50. The van der Waals surface area contributed by atoms with Crippen molar-refractivity contribution in [3.63, 3.8) is 0 Å². The summed E-state index contributed by atoms with van der Waals surface area (Å²) < 4.78 is 32.6. The summed E-state index contributed by atoms with van der Waals surface area (Å²) in [6.07, 6.45) is -0.774. The topological polar surface area (TPSA) is 92.9 Å². The lowest BCUT2D eigenvalue weighted by Gasteiger charge is -2.35. The highest BCUT2D eigenvalue weighted by atomic mass is 79.9. The van der Waals surface area contributed by atoms with Crippen molar-refractivity contribution in [3.05, 3.63) is 22.7 Å². The third-order valence-corrected chi connectivity index (χ3v) is 5.90. The summed E-state index contributed by atoms with van der Waals surface area (Å²) in [5.74, 6) is 0. The summed E-state index contributed by atoms with van der Waals surface area (Å²) in [5, 5.41) is 9.19. The quantitative estimate of drug-likeness (QED) is 0.773. The Labute approximate surface area is 126 Å². The van der Waals surface area contributed by atoms with Crippen molar-refractivity contribution in [2.75, 3.05) is 25.4 Å². The molecule has 6 nitrogen and oxygen atoms in total. The van der Waals surface area contributed by atoms with Crippen LogP contribution in [0, 0.1) is 0 Å². The molecule has 112 valence electrons. The molecule has 20 heavy (non-hydrogen) atoms. The van der Waals surface area contributed by atoms with Gasteiger partial charge in [0.05, 0.1) is 23.7 Å². The third kappa shape index (κ3) is 3.15. The van der Waals surface area contributed by atoms with E-state index >= 15 is 0 Å². The van der Waals surface area contributed by atoms with Gasteiger partial charge in [0.1, 0.15) is 0 Å². The molecule has 1 aliphatic heterocycles. The zero-order chi connectivity index (χ0) is 14.9. The van der Waals surface area contributed by atoms with Gasteiger partial charge >= 0.3 is 0 Å². The second-order valence-corrected chi connectivity index (χ2v) is 7.52. The Balaban J connectivity index is 2.36. The average Bonchev–Trinajstić information content (AvgIpc) is 2.40. The van der Waals surface area contributed by atoms with Crippen LogP contribution in [-0.4, -0.2) is 49.7 Å². The zero-order valence-electron chi connectivity index (χ0n) is 11.0. The second kappa shape index (κ2) is 5.98. The Morgan fingerprint density at radius 3 is 2.85 bits per heavy atom. The lowest BCUT2D eigenvalue weighted by molar-refractivity contribution is -0.0750. The molecule has 3 N–H and O–H groups in total. The first-order valence-electron chi connectivity index (χ1n) is 6.16. The van der Waals surface area contributed by atoms with Crippen molar-refractivity contribution in [3.8, 4) is 0 Å². The highest BCUT2D eigenvalue weighted by molar-refractivity contribution is 9.10. The van der Waals surface area contributed by atoms with Crippen molar-refractivity contribution in [1.82, 2.24) is 4.31 Å². The van der Waals surface area contributed by atoms with Crippen LogP contribution in [-0.2, 0) is 14.8 Å². The molecule has 2 atom stereocenters. The van der Waals surface area contributed by atoms with Crippen LogP contribution in [0.3, 0.4) is 0 Å². The van der Waals surface area contributed by atoms with Crippen molar-refractivity contribution in [1.29, 1.82) is 0 Å². The number of halogens is 1. The van der Waals surface area contributed by atoms with E-state index in [2.05, 4.69) is 15.9 Å². The summed E-state index contributed by atoms with van der Waals surface area (Å²) in [4.78, 5) is 0.128. The van der Waals surface area contributed by atoms with Gasteiger partial charge in [0.15, 0.2) is 0 Å². The Morgan fingerprint density at radius 2 is 2.20 bits per heavy atom. The standard InChI is InChI=1S/C12H17BrN2O4S/c1-8-5-15(6-10(7-16)19-8)20(17,18)12-4-9(14)2-3-11(12)13/h2-4,8,10,16H,5-7,14H2,1H3. The van der Waals surface area contributed by atoms with Crippen molar-refractivity contribution in [2.45, 2.75) is 24.0 Å². The first-order valence-corrected chi connectivity index (χ1v) is 8.39. The predicted octanol–water partition coefficient (Wildman–Crippen LogP) is 0.802. The van der Waals surface area contributed by atoms with E-state index < -0.39 is 16.1 Å². The van der Waals surface area contributed by atoms with Crippen LogP contribution >= 0.6 is 15.9 Å². The molecular formula is C12H17BrN2O4S. The molecule has 1 aromatic rings. The second-order valence-electron chi connectivity index (χ2n) is 4.76. The minimum Gasteiger partial charge on any atom is -0.399 e. The molecule has 0 amide bonds. The Kier molecular flexibility index (Phi) is 4.70. The Morgan fingerprint density at radius 1 is 1.50 bits per heavy atom.